The second kappa shape index (κ2) is 13.0. The number of nitrogens with one attached hydrogen (secondary N) is 3. The van der Waals surface area contributed by atoms with Gasteiger partial charge in [0.25, 0.3) is 0 Å². The first-order chi connectivity index (χ1) is 17.6. The van der Waals surface area contributed by atoms with Gasteiger partial charge < -0.3 is 16.0 Å². The lowest BCUT2D eigenvalue weighted by Crippen LogP contribution is -2.18. The lowest BCUT2D eigenvalue weighted by atomic mass is 10.0. The van der Waals surface area contributed by atoms with Gasteiger partial charge in [0.05, 0.1) is 0 Å². The van der Waals surface area contributed by atoms with Gasteiger partial charge in [-0.25, -0.2) is 13.2 Å². The zero-order chi connectivity index (χ0) is 25.2. The molecule has 3 N–H and O–H groups in total. The molecule has 36 heavy (non-hydrogen) atoms. The standard InChI is InChI=1S/C30H30F3N3/c31-28-10-4-1-7-25(28)19-34-16-22-13-23(17-35-20-26-8-2-5-11-29(26)32)15-24(14-22)18-36-21-27-9-3-6-12-30(27)33/h1-15,34-36H,16-21H2. The Hall–Kier alpha value is -3.45. The number of hydrogen-bond donors (Lipinski definition) is 3. The van der Waals surface area contributed by atoms with Crippen molar-refractivity contribution in [1.82, 2.24) is 16.0 Å². The maximum atomic E-state index is 13.9. The van der Waals surface area contributed by atoms with Crippen molar-refractivity contribution in [3.05, 3.63) is 142 Å². The molecule has 0 aliphatic heterocycles. The third kappa shape index (κ3) is 7.52. The smallest absolute Gasteiger partial charge is 0.127 e. The Labute approximate surface area is 210 Å². The molecule has 0 amide bonds. The topological polar surface area (TPSA) is 36.1 Å². The van der Waals surface area contributed by atoms with Crippen LogP contribution in [0.15, 0.2) is 91.0 Å². The van der Waals surface area contributed by atoms with Crippen LogP contribution in [0.2, 0.25) is 0 Å². The molecule has 0 aliphatic rings. The van der Waals surface area contributed by atoms with Crippen LogP contribution >= 0.6 is 0 Å². The molecule has 6 heteroatoms. The Bertz CT molecular complexity index is 1110. The van der Waals surface area contributed by atoms with E-state index in [1.807, 2.05) is 18.2 Å². The summed E-state index contributed by atoms with van der Waals surface area (Å²) in [6.45, 7) is 2.96. The molecular formula is C30H30F3N3. The molecule has 0 atom stereocenters. The Morgan fingerprint density at radius 2 is 0.667 bits per heavy atom. The summed E-state index contributed by atoms with van der Waals surface area (Å²) < 4.78 is 41.8. The normalized spacial score (nSPS) is 11.1. The first kappa shape index (κ1) is 25.6. The highest BCUT2D eigenvalue weighted by atomic mass is 19.1. The van der Waals surface area contributed by atoms with Crippen LogP contribution < -0.4 is 16.0 Å². The quantitative estimate of drug-likeness (QED) is 0.229. The zero-order valence-corrected chi connectivity index (χ0v) is 20.0. The van der Waals surface area contributed by atoms with E-state index in [-0.39, 0.29) is 17.5 Å². The van der Waals surface area contributed by atoms with Crippen LogP contribution in [-0.2, 0) is 39.3 Å². The summed E-state index contributed by atoms with van der Waals surface area (Å²) in [5, 5.41) is 9.94. The average molecular weight is 490 g/mol. The number of halogens is 3. The molecule has 0 bridgehead atoms. The molecule has 4 aromatic rings. The Kier molecular flexibility index (Phi) is 9.27. The van der Waals surface area contributed by atoms with E-state index < -0.39 is 0 Å². The Morgan fingerprint density at radius 1 is 0.389 bits per heavy atom. The van der Waals surface area contributed by atoms with Gasteiger partial charge in [0.15, 0.2) is 0 Å². The van der Waals surface area contributed by atoms with Crippen molar-refractivity contribution in [3.8, 4) is 0 Å². The highest BCUT2D eigenvalue weighted by Crippen LogP contribution is 2.14. The van der Waals surface area contributed by atoms with Gasteiger partial charge in [0.2, 0.25) is 0 Å². The maximum Gasteiger partial charge on any atom is 0.127 e. The SMILES string of the molecule is Fc1ccccc1CNCc1cc(CNCc2ccccc2F)cc(CNCc2ccccc2F)c1. The van der Waals surface area contributed by atoms with Crippen LogP contribution in [0.4, 0.5) is 13.2 Å². The van der Waals surface area contributed by atoms with Gasteiger partial charge in [-0.15, -0.1) is 0 Å². The van der Waals surface area contributed by atoms with Crippen LogP contribution in [0, 0.1) is 17.5 Å². The Balaban J connectivity index is 1.41. The molecule has 4 aromatic carbocycles. The van der Waals surface area contributed by atoms with E-state index in [2.05, 4.69) is 34.1 Å². The molecule has 0 aromatic heterocycles. The van der Waals surface area contributed by atoms with Crippen LogP contribution in [0.3, 0.4) is 0 Å². The predicted octanol–water partition coefficient (Wildman–Crippen LogP) is 5.97. The fourth-order valence-electron chi connectivity index (χ4n) is 4.10. The van der Waals surface area contributed by atoms with Crippen molar-refractivity contribution in [3.63, 3.8) is 0 Å². The summed E-state index contributed by atoms with van der Waals surface area (Å²) in [4.78, 5) is 0. The largest absolute Gasteiger partial charge is 0.309 e. The fourth-order valence-corrected chi connectivity index (χ4v) is 4.10. The molecule has 0 unspecified atom stereocenters. The number of rotatable bonds is 12. The van der Waals surface area contributed by atoms with Crippen LogP contribution in [0.1, 0.15) is 33.4 Å². The van der Waals surface area contributed by atoms with E-state index in [1.165, 1.54) is 18.2 Å². The number of benzene rings is 4. The van der Waals surface area contributed by atoms with Gasteiger partial charge in [-0.05, 0) is 34.9 Å². The van der Waals surface area contributed by atoms with E-state index in [4.69, 9.17) is 0 Å². The van der Waals surface area contributed by atoms with E-state index >= 15 is 0 Å². The molecule has 0 aliphatic carbocycles. The summed E-state index contributed by atoms with van der Waals surface area (Å²) in [6.07, 6.45) is 0. The molecule has 186 valence electrons. The summed E-state index contributed by atoms with van der Waals surface area (Å²) in [6, 6.07) is 26.4. The van der Waals surface area contributed by atoms with E-state index in [9.17, 15) is 13.2 Å². The van der Waals surface area contributed by atoms with Crippen LogP contribution in [0.5, 0.6) is 0 Å². The zero-order valence-electron chi connectivity index (χ0n) is 20.0. The fraction of sp³-hybridized carbons (Fsp3) is 0.200. The summed E-state index contributed by atoms with van der Waals surface area (Å²) in [5.74, 6) is -0.683. The van der Waals surface area contributed by atoms with E-state index in [1.54, 1.807) is 36.4 Å². The minimum absolute atomic E-state index is 0.228. The highest BCUT2D eigenvalue weighted by Gasteiger charge is 2.06. The average Bonchev–Trinajstić information content (AvgIpc) is 2.87. The van der Waals surface area contributed by atoms with Crippen molar-refractivity contribution < 1.29 is 13.2 Å². The van der Waals surface area contributed by atoms with Gasteiger partial charge in [-0.3, -0.25) is 0 Å². The molecule has 0 saturated carbocycles. The van der Waals surface area contributed by atoms with Gasteiger partial charge in [0.1, 0.15) is 17.5 Å². The van der Waals surface area contributed by atoms with E-state index in [0.717, 1.165) is 16.7 Å². The lowest BCUT2D eigenvalue weighted by molar-refractivity contribution is 0.584. The summed E-state index contributed by atoms with van der Waals surface area (Å²) >= 11 is 0. The van der Waals surface area contributed by atoms with Crippen molar-refractivity contribution in [2.45, 2.75) is 39.3 Å². The first-order valence-corrected chi connectivity index (χ1v) is 12.0. The molecule has 0 heterocycles. The monoisotopic (exact) mass is 489 g/mol. The van der Waals surface area contributed by atoms with Crippen molar-refractivity contribution in [2.75, 3.05) is 0 Å². The van der Waals surface area contributed by atoms with Gasteiger partial charge >= 0.3 is 0 Å². The molecular weight excluding hydrogens is 459 g/mol. The lowest BCUT2D eigenvalue weighted by Gasteiger charge is -2.13. The van der Waals surface area contributed by atoms with Crippen LogP contribution in [-0.4, -0.2) is 0 Å². The van der Waals surface area contributed by atoms with Crippen molar-refractivity contribution in [2.24, 2.45) is 0 Å². The van der Waals surface area contributed by atoms with Gasteiger partial charge in [0, 0.05) is 56.0 Å². The molecule has 4 rings (SSSR count). The van der Waals surface area contributed by atoms with Crippen LogP contribution in [0.25, 0.3) is 0 Å². The second-order valence-corrected chi connectivity index (χ2v) is 8.74. The minimum Gasteiger partial charge on any atom is -0.309 e. The summed E-state index contributed by atoms with van der Waals surface area (Å²) in [5.41, 5.74) is 5.02. The third-order valence-electron chi connectivity index (χ3n) is 5.92. The van der Waals surface area contributed by atoms with E-state index in [0.29, 0.717) is 56.0 Å². The Morgan fingerprint density at radius 3 is 0.944 bits per heavy atom. The molecule has 0 radical (unpaired) electrons. The predicted molar refractivity (Wildman–Crippen MR) is 137 cm³/mol. The highest BCUT2D eigenvalue weighted by molar-refractivity contribution is 5.31. The molecule has 0 spiro atoms. The van der Waals surface area contributed by atoms with Gasteiger partial charge in [-0.1, -0.05) is 72.8 Å². The first-order valence-electron chi connectivity index (χ1n) is 12.0. The van der Waals surface area contributed by atoms with Gasteiger partial charge in [-0.2, -0.15) is 0 Å². The molecule has 0 saturated heterocycles. The molecule has 0 fully saturated rings. The maximum absolute atomic E-state index is 13.9. The summed E-state index contributed by atoms with van der Waals surface area (Å²) in [7, 11) is 0. The second-order valence-electron chi connectivity index (χ2n) is 8.74. The molecule has 3 nitrogen and oxygen atoms in total. The third-order valence-corrected chi connectivity index (χ3v) is 5.92. The van der Waals surface area contributed by atoms with Crippen molar-refractivity contribution >= 4 is 0 Å². The number of hydrogen-bond acceptors (Lipinski definition) is 3. The minimum atomic E-state index is -0.228. The van der Waals surface area contributed by atoms with Crippen molar-refractivity contribution in [1.29, 1.82) is 0 Å².